The summed E-state index contributed by atoms with van der Waals surface area (Å²) in [7, 11) is 0. The van der Waals surface area contributed by atoms with Crippen molar-refractivity contribution < 1.29 is 23.5 Å². The number of hydrogen-bond donors (Lipinski definition) is 4. The number of ether oxygens (including phenoxy) is 1. The number of rotatable bonds is 9. The molecule has 1 aliphatic rings. The molecule has 3 amide bonds. The molecule has 1 saturated heterocycles. The monoisotopic (exact) mass is 607 g/mol. The number of nitrogens with one attached hydrogen (secondary N) is 3. The zero-order valence-electron chi connectivity index (χ0n) is 24.9. The third kappa shape index (κ3) is 6.43. The van der Waals surface area contributed by atoms with Crippen LogP contribution in [0.5, 0.6) is 0 Å². The average molecular weight is 608 g/mol. The number of fused-ring (bicyclic) bond motifs is 3. The number of halogens is 1. The van der Waals surface area contributed by atoms with Gasteiger partial charge in [-0.2, -0.15) is 0 Å². The Morgan fingerprint density at radius 2 is 1.73 bits per heavy atom. The van der Waals surface area contributed by atoms with Crippen molar-refractivity contribution in [3.8, 4) is 11.1 Å². The van der Waals surface area contributed by atoms with Crippen LogP contribution in [0.25, 0.3) is 32.9 Å². The summed E-state index contributed by atoms with van der Waals surface area (Å²) in [6.45, 7) is 6.01. The lowest BCUT2D eigenvalue weighted by Crippen LogP contribution is -2.37. The Morgan fingerprint density at radius 1 is 0.956 bits per heavy atom. The molecule has 0 radical (unpaired) electrons. The summed E-state index contributed by atoms with van der Waals surface area (Å²) >= 11 is 0. The van der Waals surface area contributed by atoms with Crippen molar-refractivity contribution in [3.63, 3.8) is 0 Å². The van der Waals surface area contributed by atoms with Crippen LogP contribution in [0.1, 0.15) is 39.1 Å². The normalized spacial score (nSPS) is 13.6. The minimum atomic E-state index is -0.566. The lowest BCUT2D eigenvalue weighted by Gasteiger charge is -2.26. The van der Waals surface area contributed by atoms with Gasteiger partial charge in [-0.05, 0) is 85.1 Å². The van der Waals surface area contributed by atoms with E-state index in [-0.39, 0.29) is 11.8 Å². The number of primary amides is 1. The first kappa shape index (κ1) is 30.0. The fourth-order valence-corrected chi connectivity index (χ4v) is 5.89. The van der Waals surface area contributed by atoms with Crippen molar-refractivity contribution in [1.29, 1.82) is 0 Å². The molecule has 0 aliphatic carbocycles. The van der Waals surface area contributed by atoms with Gasteiger partial charge >= 0.3 is 0 Å². The van der Waals surface area contributed by atoms with E-state index >= 15 is 0 Å². The van der Waals surface area contributed by atoms with Crippen molar-refractivity contribution >= 4 is 50.9 Å². The van der Waals surface area contributed by atoms with Gasteiger partial charge in [0.2, 0.25) is 5.91 Å². The van der Waals surface area contributed by atoms with Gasteiger partial charge in [-0.25, -0.2) is 4.39 Å². The number of carbonyl (C=O) groups is 3. The van der Waals surface area contributed by atoms with Crippen LogP contribution in [0.4, 0.5) is 15.8 Å². The van der Waals surface area contributed by atoms with Gasteiger partial charge in [0.15, 0.2) is 0 Å². The third-order valence-electron chi connectivity index (χ3n) is 8.26. The van der Waals surface area contributed by atoms with Crippen LogP contribution < -0.4 is 16.4 Å². The molecule has 5 N–H and O–H groups in total. The molecule has 0 bridgehead atoms. The molecule has 4 aromatic carbocycles. The van der Waals surface area contributed by atoms with E-state index in [4.69, 9.17) is 10.5 Å². The predicted octanol–water partition coefficient (Wildman–Crippen LogP) is 5.84. The smallest absolute Gasteiger partial charge is 0.255 e. The standard InChI is InChI=1S/C35H34FN5O4/c1-21-25(4-2-5-29(21)40-35(44)22-7-9-23(36)10-8-22)26-13-14-28(34(37)43)33-32(26)27-12-11-24(20-30(27)39-33)38-31(42)6-3-15-41-16-18-45-19-17-41/h2,4-5,7-14,20,39H,3,6,15-19H2,1H3,(H2,37,43)(H,38,42)(H,40,44). The summed E-state index contributed by atoms with van der Waals surface area (Å²) < 4.78 is 18.8. The minimum Gasteiger partial charge on any atom is -0.379 e. The molecule has 0 unspecified atom stereocenters. The first-order valence-corrected chi connectivity index (χ1v) is 14.9. The van der Waals surface area contributed by atoms with Gasteiger partial charge in [0.05, 0.1) is 24.3 Å². The van der Waals surface area contributed by atoms with E-state index in [1.165, 1.54) is 24.3 Å². The Balaban J connectivity index is 1.29. The molecule has 0 saturated carbocycles. The Morgan fingerprint density at radius 3 is 2.49 bits per heavy atom. The van der Waals surface area contributed by atoms with E-state index in [1.54, 1.807) is 12.1 Å². The van der Waals surface area contributed by atoms with Crippen LogP contribution in [0, 0.1) is 12.7 Å². The number of H-pyrrole nitrogens is 1. The maximum atomic E-state index is 13.4. The Labute approximate surface area is 259 Å². The Bertz CT molecular complexity index is 1910. The summed E-state index contributed by atoms with van der Waals surface area (Å²) in [6.07, 6.45) is 1.17. The van der Waals surface area contributed by atoms with Crippen LogP contribution >= 0.6 is 0 Å². The van der Waals surface area contributed by atoms with Crippen LogP contribution in [0.2, 0.25) is 0 Å². The highest BCUT2D eigenvalue weighted by atomic mass is 19.1. The molecule has 1 fully saturated rings. The van der Waals surface area contributed by atoms with Gasteiger partial charge in [0.1, 0.15) is 5.82 Å². The SMILES string of the molecule is Cc1c(NC(=O)c2ccc(F)cc2)cccc1-c1ccc(C(N)=O)c2[nH]c3cc(NC(=O)CCCN4CCOCC4)ccc3c12. The van der Waals surface area contributed by atoms with E-state index in [0.717, 1.165) is 72.2 Å². The molecule has 45 heavy (non-hydrogen) atoms. The quantitative estimate of drug-likeness (QED) is 0.167. The van der Waals surface area contributed by atoms with Crippen molar-refractivity contribution in [2.75, 3.05) is 43.5 Å². The van der Waals surface area contributed by atoms with E-state index < -0.39 is 11.7 Å². The van der Waals surface area contributed by atoms with Crippen LogP contribution in [-0.2, 0) is 9.53 Å². The maximum Gasteiger partial charge on any atom is 0.255 e. The highest BCUT2D eigenvalue weighted by Gasteiger charge is 2.19. The summed E-state index contributed by atoms with van der Waals surface area (Å²) in [4.78, 5) is 43.7. The molecule has 1 aromatic heterocycles. The largest absolute Gasteiger partial charge is 0.379 e. The second kappa shape index (κ2) is 12.9. The zero-order valence-corrected chi connectivity index (χ0v) is 24.9. The molecule has 10 heteroatoms. The second-order valence-electron chi connectivity index (χ2n) is 11.2. The van der Waals surface area contributed by atoms with Crippen molar-refractivity contribution in [1.82, 2.24) is 9.88 Å². The minimum absolute atomic E-state index is 0.0626. The number of anilines is 2. The molecule has 5 aromatic rings. The topological polar surface area (TPSA) is 130 Å². The molecule has 0 atom stereocenters. The van der Waals surface area contributed by atoms with Gasteiger partial charge in [-0.15, -0.1) is 0 Å². The average Bonchev–Trinajstić information content (AvgIpc) is 3.41. The van der Waals surface area contributed by atoms with E-state index in [2.05, 4.69) is 20.5 Å². The highest BCUT2D eigenvalue weighted by molar-refractivity contribution is 6.20. The summed E-state index contributed by atoms with van der Waals surface area (Å²) in [5, 5.41) is 7.58. The fourth-order valence-electron chi connectivity index (χ4n) is 5.89. The summed E-state index contributed by atoms with van der Waals surface area (Å²) in [6, 6.07) is 20.1. The molecule has 1 aliphatic heterocycles. The number of amides is 3. The van der Waals surface area contributed by atoms with Gasteiger partial charge in [-0.3, -0.25) is 19.3 Å². The molecule has 2 heterocycles. The number of aromatic nitrogens is 1. The zero-order chi connectivity index (χ0) is 31.5. The number of carbonyl (C=O) groups excluding carboxylic acids is 3. The second-order valence-corrected chi connectivity index (χ2v) is 11.2. The van der Waals surface area contributed by atoms with E-state index in [9.17, 15) is 18.8 Å². The van der Waals surface area contributed by atoms with Gasteiger partial charge in [-0.1, -0.05) is 24.3 Å². The van der Waals surface area contributed by atoms with E-state index in [1.807, 2.05) is 43.3 Å². The lowest BCUT2D eigenvalue weighted by molar-refractivity contribution is -0.116. The number of aromatic amines is 1. The Hall–Kier alpha value is -5.06. The van der Waals surface area contributed by atoms with E-state index in [0.29, 0.717) is 34.4 Å². The van der Waals surface area contributed by atoms with Gasteiger partial charge in [0, 0.05) is 52.7 Å². The summed E-state index contributed by atoms with van der Waals surface area (Å²) in [5.74, 6) is -1.40. The molecular formula is C35H34FN5O4. The third-order valence-corrected chi connectivity index (χ3v) is 8.26. The molecule has 9 nitrogen and oxygen atoms in total. The van der Waals surface area contributed by atoms with Gasteiger partial charge in [0.25, 0.3) is 11.8 Å². The van der Waals surface area contributed by atoms with Crippen LogP contribution in [0.3, 0.4) is 0 Å². The first-order chi connectivity index (χ1) is 21.8. The van der Waals surface area contributed by atoms with Crippen LogP contribution in [-0.4, -0.2) is 60.5 Å². The van der Waals surface area contributed by atoms with Crippen LogP contribution in [0.15, 0.2) is 72.8 Å². The molecular weight excluding hydrogens is 573 g/mol. The first-order valence-electron chi connectivity index (χ1n) is 14.9. The highest BCUT2D eigenvalue weighted by Crippen LogP contribution is 2.39. The molecule has 0 spiro atoms. The maximum absolute atomic E-state index is 13.4. The fraction of sp³-hybridized carbons (Fsp3) is 0.229. The number of morpholine rings is 1. The number of hydrogen-bond acceptors (Lipinski definition) is 5. The van der Waals surface area contributed by atoms with Crippen molar-refractivity contribution in [3.05, 3.63) is 95.3 Å². The van der Waals surface area contributed by atoms with Crippen molar-refractivity contribution in [2.24, 2.45) is 5.73 Å². The number of benzene rings is 4. The summed E-state index contributed by atoms with van der Waals surface area (Å²) in [5.41, 5.74) is 11.5. The number of nitrogens with two attached hydrogens (primary N) is 1. The molecule has 230 valence electrons. The lowest BCUT2D eigenvalue weighted by atomic mass is 9.93. The van der Waals surface area contributed by atoms with Gasteiger partial charge < -0.3 is 26.1 Å². The molecule has 6 rings (SSSR count). The Kier molecular flexibility index (Phi) is 8.59. The van der Waals surface area contributed by atoms with Crippen molar-refractivity contribution in [2.45, 2.75) is 19.8 Å². The predicted molar refractivity (Wildman–Crippen MR) is 174 cm³/mol. The number of nitrogens with zero attached hydrogens (tertiary/aromatic N) is 1.